The maximum Gasteiger partial charge on any atom is 0.373 e. The van der Waals surface area contributed by atoms with Gasteiger partial charge in [-0.3, -0.25) is 10.4 Å². The molecule has 0 radical (unpaired) electrons. The van der Waals surface area contributed by atoms with Gasteiger partial charge >= 0.3 is 5.97 Å². The lowest BCUT2D eigenvalue weighted by Crippen LogP contribution is -2.47. The van der Waals surface area contributed by atoms with Crippen molar-refractivity contribution < 1.29 is 14.6 Å². The molecule has 2 N–H and O–H groups in total. The number of aliphatic imine (C=N–C) groups is 1. The van der Waals surface area contributed by atoms with E-state index < -0.39 is 5.97 Å². The van der Waals surface area contributed by atoms with E-state index in [0.717, 1.165) is 19.4 Å². The normalized spacial score (nSPS) is 24.9. The van der Waals surface area contributed by atoms with Gasteiger partial charge in [-0.25, -0.2) is 9.79 Å². The number of nitrogens with one attached hydrogen (secondary N) is 1. The molecule has 6 nitrogen and oxygen atoms in total. The topological polar surface area (TPSA) is 74.2 Å². The van der Waals surface area contributed by atoms with Crippen molar-refractivity contribution in [2.24, 2.45) is 4.99 Å². The van der Waals surface area contributed by atoms with E-state index >= 15 is 0 Å². The zero-order chi connectivity index (χ0) is 11.4. The molecule has 2 heterocycles. The number of carbonyl (C=O) groups is 1. The van der Waals surface area contributed by atoms with Gasteiger partial charge in [-0.1, -0.05) is 0 Å². The monoisotopic (exact) mass is 225 g/mol. The van der Waals surface area contributed by atoms with Crippen LogP contribution in [0.1, 0.15) is 19.3 Å². The predicted molar refractivity (Wildman–Crippen MR) is 57.6 cm³/mol. The van der Waals surface area contributed by atoms with Crippen molar-refractivity contribution in [3.05, 3.63) is 12.4 Å². The lowest BCUT2D eigenvalue weighted by atomic mass is 10.1. The molecule has 0 amide bonds. The number of amidine groups is 1. The summed E-state index contributed by atoms with van der Waals surface area (Å²) in [6, 6.07) is 0. The van der Waals surface area contributed by atoms with Crippen LogP contribution in [0.2, 0.25) is 0 Å². The SMILES string of the molecule is O=C(O)C1=NC=CN(CC2CCCCO2)N1. The second-order valence-corrected chi connectivity index (χ2v) is 3.83. The molecule has 0 bridgehead atoms. The van der Waals surface area contributed by atoms with Gasteiger partial charge < -0.3 is 9.84 Å². The third kappa shape index (κ3) is 2.73. The first-order valence-corrected chi connectivity index (χ1v) is 5.38. The molecule has 1 atom stereocenters. The zero-order valence-corrected chi connectivity index (χ0v) is 8.93. The maximum atomic E-state index is 10.7. The minimum Gasteiger partial charge on any atom is -0.475 e. The molecule has 0 saturated carbocycles. The molecule has 16 heavy (non-hydrogen) atoms. The van der Waals surface area contributed by atoms with E-state index in [1.807, 2.05) is 0 Å². The average Bonchev–Trinajstić information content (AvgIpc) is 2.30. The number of hydrogen-bond acceptors (Lipinski definition) is 5. The van der Waals surface area contributed by atoms with Gasteiger partial charge in [0.05, 0.1) is 12.6 Å². The summed E-state index contributed by atoms with van der Waals surface area (Å²) in [6.07, 6.45) is 6.65. The van der Waals surface area contributed by atoms with E-state index in [2.05, 4.69) is 10.4 Å². The number of carboxylic acid groups (broad SMARTS) is 1. The molecule has 0 aliphatic carbocycles. The van der Waals surface area contributed by atoms with Crippen molar-refractivity contribution in [2.45, 2.75) is 25.4 Å². The van der Waals surface area contributed by atoms with Gasteiger partial charge in [-0.15, -0.1) is 0 Å². The van der Waals surface area contributed by atoms with E-state index in [4.69, 9.17) is 9.84 Å². The molecule has 0 spiro atoms. The lowest BCUT2D eigenvalue weighted by molar-refractivity contribution is -0.129. The van der Waals surface area contributed by atoms with E-state index in [-0.39, 0.29) is 11.9 Å². The summed E-state index contributed by atoms with van der Waals surface area (Å²) in [5.74, 6) is -1.11. The highest BCUT2D eigenvalue weighted by atomic mass is 16.5. The van der Waals surface area contributed by atoms with Gasteiger partial charge in [0.2, 0.25) is 5.84 Å². The molecule has 6 heteroatoms. The quantitative estimate of drug-likeness (QED) is 0.724. The molecule has 88 valence electrons. The second kappa shape index (κ2) is 4.98. The van der Waals surface area contributed by atoms with Gasteiger partial charge in [0.15, 0.2) is 0 Å². The molecular formula is C10H15N3O3. The number of nitrogens with zero attached hydrogens (tertiary/aromatic N) is 2. The van der Waals surface area contributed by atoms with Gasteiger partial charge in [0.1, 0.15) is 0 Å². The van der Waals surface area contributed by atoms with Crippen molar-refractivity contribution >= 4 is 11.8 Å². The Labute approximate surface area is 93.6 Å². The molecule has 1 unspecified atom stereocenters. The lowest BCUT2D eigenvalue weighted by Gasteiger charge is -2.30. The standard InChI is InChI=1S/C10H15N3O3/c14-10(15)9-11-4-5-13(12-9)7-8-3-1-2-6-16-8/h4-5,8H,1-3,6-7H2,(H,11,12)(H,14,15). The Morgan fingerprint density at radius 2 is 2.56 bits per heavy atom. The van der Waals surface area contributed by atoms with Gasteiger partial charge in [-0.05, 0) is 19.3 Å². The van der Waals surface area contributed by atoms with Crippen molar-refractivity contribution in [3.8, 4) is 0 Å². The summed E-state index contributed by atoms with van der Waals surface area (Å²) >= 11 is 0. The molecule has 1 fully saturated rings. The number of ether oxygens (including phenoxy) is 1. The molecule has 1 saturated heterocycles. The van der Waals surface area contributed by atoms with Gasteiger partial charge in [0.25, 0.3) is 0 Å². The Hall–Kier alpha value is -1.56. The molecular weight excluding hydrogens is 210 g/mol. The van der Waals surface area contributed by atoms with Crippen molar-refractivity contribution in [3.63, 3.8) is 0 Å². The van der Waals surface area contributed by atoms with Crippen LogP contribution in [-0.2, 0) is 9.53 Å². The van der Waals surface area contributed by atoms with E-state index in [9.17, 15) is 4.79 Å². The summed E-state index contributed by atoms with van der Waals surface area (Å²) < 4.78 is 5.57. The Bertz CT molecular complexity index is 321. The molecule has 2 rings (SSSR count). The highest BCUT2D eigenvalue weighted by Crippen LogP contribution is 2.13. The third-order valence-electron chi connectivity index (χ3n) is 2.58. The number of hydrazine groups is 1. The fourth-order valence-corrected chi connectivity index (χ4v) is 1.77. The summed E-state index contributed by atoms with van der Waals surface area (Å²) in [5, 5.41) is 10.5. The molecule has 2 aliphatic rings. The number of aliphatic carboxylic acids is 1. The summed E-state index contributed by atoms with van der Waals surface area (Å²) in [6.45, 7) is 1.44. The average molecular weight is 225 g/mol. The van der Waals surface area contributed by atoms with Gasteiger partial charge in [-0.2, -0.15) is 0 Å². The largest absolute Gasteiger partial charge is 0.475 e. The van der Waals surface area contributed by atoms with Gasteiger partial charge in [0, 0.05) is 19.0 Å². The minimum atomic E-state index is -1.06. The van der Waals surface area contributed by atoms with Crippen LogP contribution in [0.15, 0.2) is 17.4 Å². The van der Waals surface area contributed by atoms with E-state index in [1.54, 1.807) is 11.2 Å². The van der Waals surface area contributed by atoms with Crippen LogP contribution in [0.4, 0.5) is 0 Å². The second-order valence-electron chi connectivity index (χ2n) is 3.83. The van der Waals surface area contributed by atoms with Crippen molar-refractivity contribution in [1.82, 2.24) is 10.4 Å². The number of carboxylic acids is 1. The Kier molecular flexibility index (Phi) is 3.40. The van der Waals surface area contributed by atoms with Crippen molar-refractivity contribution in [1.29, 1.82) is 0 Å². The Morgan fingerprint density at radius 1 is 1.69 bits per heavy atom. The van der Waals surface area contributed by atoms with E-state index in [1.165, 1.54) is 12.6 Å². The first-order chi connectivity index (χ1) is 7.75. The smallest absolute Gasteiger partial charge is 0.373 e. The van der Waals surface area contributed by atoms with Crippen LogP contribution >= 0.6 is 0 Å². The van der Waals surface area contributed by atoms with Crippen LogP contribution < -0.4 is 5.43 Å². The molecule has 0 aromatic rings. The number of hydrogen-bond donors (Lipinski definition) is 2. The van der Waals surface area contributed by atoms with Crippen LogP contribution in [0, 0.1) is 0 Å². The molecule has 0 aromatic carbocycles. The first kappa shape index (κ1) is 10.9. The fourth-order valence-electron chi connectivity index (χ4n) is 1.77. The Morgan fingerprint density at radius 3 is 3.25 bits per heavy atom. The number of rotatable bonds is 3. The summed E-state index contributed by atoms with van der Waals surface area (Å²) in [7, 11) is 0. The predicted octanol–water partition coefficient (Wildman–Crippen LogP) is 0.330. The Balaban J connectivity index is 1.85. The summed E-state index contributed by atoms with van der Waals surface area (Å²) in [4.78, 5) is 14.4. The van der Waals surface area contributed by atoms with Crippen LogP contribution in [0.25, 0.3) is 0 Å². The zero-order valence-electron chi connectivity index (χ0n) is 8.93. The third-order valence-corrected chi connectivity index (χ3v) is 2.58. The highest BCUT2D eigenvalue weighted by molar-refractivity contribution is 6.34. The van der Waals surface area contributed by atoms with Crippen LogP contribution in [-0.4, -0.2) is 41.2 Å². The van der Waals surface area contributed by atoms with Crippen LogP contribution in [0.5, 0.6) is 0 Å². The molecule has 2 aliphatic heterocycles. The fraction of sp³-hybridized carbons (Fsp3) is 0.600. The van der Waals surface area contributed by atoms with E-state index in [0.29, 0.717) is 6.54 Å². The first-order valence-electron chi connectivity index (χ1n) is 5.38. The molecule has 0 aromatic heterocycles. The maximum absolute atomic E-state index is 10.7. The summed E-state index contributed by atoms with van der Waals surface area (Å²) in [5.41, 5.74) is 2.72. The van der Waals surface area contributed by atoms with Crippen molar-refractivity contribution in [2.75, 3.05) is 13.2 Å². The minimum absolute atomic E-state index is 0.0571. The highest BCUT2D eigenvalue weighted by Gasteiger charge is 2.20. The van der Waals surface area contributed by atoms with Crippen LogP contribution in [0.3, 0.4) is 0 Å².